The van der Waals surface area contributed by atoms with Gasteiger partial charge in [-0.2, -0.15) is 5.26 Å². The smallest absolute Gasteiger partial charge is 0.263 e. The molecule has 0 radical (unpaired) electrons. The highest BCUT2D eigenvalue weighted by Gasteiger charge is 2.20. The number of piperazine rings is 1. The van der Waals surface area contributed by atoms with E-state index >= 15 is 0 Å². The average Bonchev–Trinajstić information content (AvgIpc) is 2.79. The SMILES string of the molecule is CCOc1ccc(C)cc1C(C)NC(=O)/C(C#N)=C\N1CCN(c2ccc(F)cc2)CC1. The fourth-order valence-corrected chi connectivity index (χ4v) is 3.73. The van der Waals surface area contributed by atoms with Gasteiger partial charge in [-0.15, -0.1) is 0 Å². The van der Waals surface area contributed by atoms with Crippen molar-refractivity contribution in [3.05, 3.63) is 71.2 Å². The van der Waals surface area contributed by atoms with Crippen LogP contribution < -0.4 is 15.0 Å². The standard InChI is InChI=1S/C25H29FN4O2/c1-4-32-24-10-5-18(2)15-23(24)19(3)28-25(31)20(16-27)17-29-11-13-30(14-12-29)22-8-6-21(26)7-9-22/h5-10,15,17,19H,4,11-14H2,1-3H3,(H,28,31)/b20-17-. The Balaban J connectivity index is 1.63. The van der Waals surface area contributed by atoms with E-state index in [2.05, 4.69) is 10.2 Å². The minimum Gasteiger partial charge on any atom is -0.494 e. The second kappa shape index (κ2) is 10.7. The number of nitriles is 1. The Morgan fingerprint density at radius 3 is 2.53 bits per heavy atom. The van der Waals surface area contributed by atoms with E-state index in [9.17, 15) is 14.4 Å². The lowest BCUT2D eigenvalue weighted by atomic mass is 10.0. The molecule has 0 saturated carbocycles. The molecule has 1 aliphatic heterocycles. The highest BCUT2D eigenvalue weighted by atomic mass is 19.1. The third-order valence-corrected chi connectivity index (χ3v) is 5.46. The van der Waals surface area contributed by atoms with Gasteiger partial charge in [0.1, 0.15) is 23.2 Å². The lowest BCUT2D eigenvalue weighted by Gasteiger charge is -2.35. The van der Waals surface area contributed by atoms with Gasteiger partial charge in [-0.05, 0) is 51.1 Å². The Kier molecular flexibility index (Phi) is 7.72. The maximum Gasteiger partial charge on any atom is 0.263 e. The number of nitrogens with zero attached hydrogens (tertiary/aromatic N) is 3. The summed E-state index contributed by atoms with van der Waals surface area (Å²) in [6.07, 6.45) is 1.63. The Morgan fingerprint density at radius 1 is 1.22 bits per heavy atom. The Labute approximate surface area is 188 Å². The zero-order chi connectivity index (χ0) is 23.1. The molecule has 2 aromatic carbocycles. The van der Waals surface area contributed by atoms with Crippen LogP contribution in [0.1, 0.15) is 31.0 Å². The van der Waals surface area contributed by atoms with Gasteiger partial charge in [-0.1, -0.05) is 17.7 Å². The number of carbonyl (C=O) groups is 1. The highest BCUT2D eigenvalue weighted by molar-refractivity contribution is 5.97. The van der Waals surface area contributed by atoms with E-state index in [1.54, 1.807) is 18.3 Å². The summed E-state index contributed by atoms with van der Waals surface area (Å²) in [7, 11) is 0. The molecular formula is C25H29FN4O2. The maximum atomic E-state index is 13.1. The first-order valence-corrected chi connectivity index (χ1v) is 10.8. The van der Waals surface area contributed by atoms with E-state index in [1.165, 1.54) is 12.1 Å². The lowest BCUT2D eigenvalue weighted by molar-refractivity contribution is -0.117. The van der Waals surface area contributed by atoms with Crippen LogP contribution in [0, 0.1) is 24.1 Å². The molecule has 0 spiro atoms. The van der Waals surface area contributed by atoms with Crippen LogP contribution in [0.15, 0.2) is 54.2 Å². The largest absolute Gasteiger partial charge is 0.494 e. The first-order valence-electron chi connectivity index (χ1n) is 10.8. The lowest BCUT2D eigenvalue weighted by Crippen LogP contribution is -2.44. The van der Waals surface area contributed by atoms with E-state index in [-0.39, 0.29) is 17.4 Å². The quantitative estimate of drug-likeness (QED) is 0.526. The number of rotatable bonds is 7. The number of hydrogen-bond donors (Lipinski definition) is 1. The van der Waals surface area contributed by atoms with Crippen LogP contribution in [0.3, 0.4) is 0 Å². The van der Waals surface area contributed by atoms with Crippen molar-refractivity contribution in [2.24, 2.45) is 0 Å². The number of aryl methyl sites for hydroxylation is 1. The molecule has 1 atom stereocenters. The first kappa shape index (κ1) is 23.1. The predicted molar refractivity (Wildman–Crippen MR) is 123 cm³/mol. The number of ether oxygens (including phenoxy) is 1. The molecule has 0 bridgehead atoms. The van der Waals surface area contributed by atoms with Gasteiger partial charge in [0.05, 0.1) is 12.6 Å². The van der Waals surface area contributed by atoms with Gasteiger partial charge in [-0.25, -0.2) is 4.39 Å². The Bertz CT molecular complexity index is 1010. The van der Waals surface area contributed by atoms with Gasteiger partial charge in [0.15, 0.2) is 0 Å². The van der Waals surface area contributed by atoms with Crippen molar-refractivity contribution in [1.29, 1.82) is 5.26 Å². The van der Waals surface area contributed by atoms with Crippen LogP contribution in [0.2, 0.25) is 0 Å². The molecule has 2 aromatic rings. The van der Waals surface area contributed by atoms with Gasteiger partial charge in [0.25, 0.3) is 5.91 Å². The van der Waals surface area contributed by atoms with E-state index in [4.69, 9.17) is 4.74 Å². The van der Waals surface area contributed by atoms with E-state index in [0.717, 1.165) is 35.7 Å². The number of carbonyl (C=O) groups excluding carboxylic acids is 1. The van der Waals surface area contributed by atoms with Crippen LogP contribution in [-0.4, -0.2) is 43.6 Å². The van der Waals surface area contributed by atoms with Crippen molar-refractivity contribution in [1.82, 2.24) is 10.2 Å². The fraction of sp³-hybridized carbons (Fsp3) is 0.360. The molecule has 1 heterocycles. The summed E-state index contributed by atoms with van der Waals surface area (Å²) in [6.45, 7) is 9.09. The number of amides is 1. The van der Waals surface area contributed by atoms with Crippen LogP contribution in [0.25, 0.3) is 0 Å². The summed E-state index contributed by atoms with van der Waals surface area (Å²) in [5.41, 5.74) is 2.98. The second-order valence-electron chi connectivity index (χ2n) is 7.82. The fourth-order valence-electron chi connectivity index (χ4n) is 3.73. The molecule has 1 aliphatic rings. The molecular weight excluding hydrogens is 407 g/mol. The van der Waals surface area contributed by atoms with Crippen LogP contribution >= 0.6 is 0 Å². The average molecular weight is 437 g/mol. The Hall–Kier alpha value is -3.53. The third kappa shape index (κ3) is 5.79. The van der Waals surface area contributed by atoms with Crippen molar-refractivity contribution >= 4 is 11.6 Å². The van der Waals surface area contributed by atoms with Crippen LogP contribution in [0.5, 0.6) is 5.75 Å². The van der Waals surface area contributed by atoms with Gasteiger partial charge in [0.2, 0.25) is 0 Å². The summed E-state index contributed by atoms with van der Waals surface area (Å²) in [6, 6.07) is 14.0. The van der Waals surface area contributed by atoms with Gasteiger partial charge < -0.3 is 19.9 Å². The minimum absolute atomic E-state index is 0.0673. The molecule has 1 unspecified atom stereocenters. The Morgan fingerprint density at radius 2 is 1.91 bits per heavy atom. The van der Waals surface area contributed by atoms with Gasteiger partial charge >= 0.3 is 0 Å². The molecule has 1 amide bonds. The third-order valence-electron chi connectivity index (χ3n) is 5.46. The summed E-state index contributed by atoms with van der Waals surface area (Å²) in [5, 5.41) is 12.5. The number of hydrogen-bond acceptors (Lipinski definition) is 5. The molecule has 1 N–H and O–H groups in total. The number of anilines is 1. The van der Waals surface area contributed by atoms with E-state index < -0.39 is 5.91 Å². The van der Waals surface area contributed by atoms with Crippen molar-refractivity contribution in [2.75, 3.05) is 37.7 Å². The second-order valence-corrected chi connectivity index (χ2v) is 7.82. The molecule has 7 heteroatoms. The molecule has 0 aliphatic carbocycles. The zero-order valence-corrected chi connectivity index (χ0v) is 18.8. The molecule has 1 saturated heterocycles. The first-order chi connectivity index (χ1) is 15.4. The molecule has 3 rings (SSSR count). The van der Waals surface area contributed by atoms with Crippen molar-refractivity contribution in [3.8, 4) is 11.8 Å². The molecule has 0 aromatic heterocycles. The van der Waals surface area contributed by atoms with Crippen molar-refractivity contribution in [2.45, 2.75) is 26.8 Å². The summed E-state index contributed by atoms with van der Waals surface area (Å²) in [5.74, 6) is 0.0588. The van der Waals surface area contributed by atoms with Gasteiger partial charge in [0, 0.05) is 43.6 Å². The summed E-state index contributed by atoms with van der Waals surface area (Å²) in [4.78, 5) is 16.9. The molecule has 168 valence electrons. The van der Waals surface area contributed by atoms with E-state index in [0.29, 0.717) is 19.7 Å². The molecule has 6 nitrogen and oxygen atoms in total. The van der Waals surface area contributed by atoms with E-state index in [1.807, 2.05) is 49.9 Å². The zero-order valence-electron chi connectivity index (χ0n) is 18.8. The summed E-state index contributed by atoms with van der Waals surface area (Å²) >= 11 is 0. The molecule has 1 fully saturated rings. The van der Waals surface area contributed by atoms with Crippen LogP contribution in [0.4, 0.5) is 10.1 Å². The minimum atomic E-state index is -0.412. The van der Waals surface area contributed by atoms with Crippen molar-refractivity contribution < 1.29 is 13.9 Å². The number of benzene rings is 2. The number of nitrogens with one attached hydrogen (secondary N) is 1. The number of halogens is 1. The monoisotopic (exact) mass is 436 g/mol. The van der Waals surface area contributed by atoms with Crippen LogP contribution in [-0.2, 0) is 4.79 Å². The van der Waals surface area contributed by atoms with Gasteiger partial charge in [-0.3, -0.25) is 4.79 Å². The van der Waals surface area contributed by atoms with Crippen molar-refractivity contribution in [3.63, 3.8) is 0 Å². The summed E-state index contributed by atoms with van der Waals surface area (Å²) < 4.78 is 18.8. The molecule has 32 heavy (non-hydrogen) atoms. The predicted octanol–water partition coefficient (Wildman–Crippen LogP) is 3.94. The maximum absolute atomic E-state index is 13.1. The highest BCUT2D eigenvalue weighted by Crippen LogP contribution is 2.27. The normalized spacial score (nSPS) is 15.2. The topological polar surface area (TPSA) is 68.6 Å².